The smallest absolute Gasteiger partial charge is 0.330 e. The Morgan fingerprint density at radius 2 is 2.38 bits per heavy atom. The van der Waals surface area contributed by atoms with Gasteiger partial charge in [0.05, 0.1) is 0 Å². The second-order valence-electron chi connectivity index (χ2n) is 4.58. The predicted octanol–water partition coefficient (Wildman–Crippen LogP) is 2.65. The molecule has 0 spiro atoms. The molecule has 3 nitrogen and oxygen atoms in total. The lowest BCUT2D eigenvalue weighted by Gasteiger charge is -2.27. The summed E-state index contributed by atoms with van der Waals surface area (Å²) in [5, 5.41) is 8.89. The molecule has 16 heavy (non-hydrogen) atoms. The van der Waals surface area contributed by atoms with E-state index in [0.29, 0.717) is 12.0 Å². The highest BCUT2D eigenvalue weighted by atomic mass is 16.4. The molecule has 0 radical (unpaired) electrons. The third kappa shape index (κ3) is 3.40. The van der Waals surface area contributed by atoms with Crippen molar-refractivity contribution >= 4 is 5.97 Å². The van der Waals surface area contributed by atoms with Gasteiger partial charge in [0.25, 0.3) is 0 Å². The van der Waals surface area contributed by atoms with Gasteiger partial charge in [0, 0.05) is 24.4 Å². The van der Waals surface area contributed by atoms with Gasteiger partial charge >= 0.3 is 5.97 Å². The molecule has 0 aromatic rings. The van der Waals surface area contributed by atoms with Crippen molar-refractivity contribution in [3.05, 3.63) is 24.4 Å². The van der Waals surface area contributed by atoms with Crippen LogP contribution in [0.4, 0.5) is 0 Å². The molecule has 1 heterocycles. The van der Waals surface area contributed by atoms with Crippen LogP contribution < -0.4 is 0 Å². The summed E-state index contributed by atoms with van der Waals surface area (Å²) in [6, 6.07) is 0.461. The minimum absolute atomic E-state index is 0.318. The highest BCUT2D eigenvalue weighted by molar-refractivity contribution is 5.80. The monoisotopic (exact) mass is 223 g/mol. The van der Waals surface area contributed by atoms with Crippen LogP contribution in [0.5, 0.6) is 0 Å². The molecule has 0 aromatic heterocycles. The zero-order valence-corrected chi connectivity index (χ0v) is 10.1. The van der Waals surface area contributed by atoms with Crippen LogP contribution in [0.3, 0.4) is 0 Å². The van der Waals surface area contributed by atoms with Gasteiger partial charge in [-0.1, -0.05) is 13.0 Å². The fourth-order valence-corrected chi connectivity index (χ4v) is 2.17. The Morgan fingerprint density at radius 1 is 1.69 bits per heavy atom. The van der Waals surface area contributed by atoms with Gasteiger partial charge in [-0.05, 0) is 32.1 Å². The average molecular weight is 223 g/mol. The lowest BCUT2D eigenvalue weighted by molar-refractivity contribution is -0.131. The maximum absolute atomic E-state index is 10.8. The van der Waals surface area contributed by atoms with Gasteiger partial charge in [-0.2, -0.15) is 0 Å². The van der Waals surface area contributed by atoms with Crippen molar-refractivity contribution < 1.29 is 9.90 Å². The van der Waals surface area contributed by atoms with Gasteiger partial charge in [-0.15, -0.1) is 6.58 Å². The summed E-state index contributed by atoms with van der Waals surface area (Å²) in [5.74, 6) is -0.538. The molecule has 0 aromatic carbocycles. The number of likely N-dealkylation sites (tertiary alicyclic amines) is 1. The number of nitrogens with zero attached hydrogens (tertiary/aromatic N) is 1. The number of hydrogen-bond donors (Lipinski definition) is 1. The number of carboxylic acids is 1. The summed E-state index contributed by atoms with van der Waals surface area (Å²) >= 11 is 0. The summed E-state index contributed by atoms with van der Waals surface area (Å²) in [6.07, 6.45) is 6.29. The summed E-state index contributed by atoms with van der Waals surface area (Å²) < 4.78 is 0. The van der Waals surface area contributed by atoms with Crippen LogP contribution in [0, 0.1) is 5.92 Å². The number of rotatable bonds is 5. The van der Waals surface area contributed by atoms with Crippen molar-refractivity contribution in [2.45, 2.75) is 39.2 Å². The van der Waals surface area contributed by atoms with Crippen molar-refractivity contribution in [2.75, 3.05) is 6.54 Å². The van der Waals surface area contributed by atoms with E-state index in [0.717, 1.165) is 31.5 Å². The van der Waals surface area contributed by atoms with E-state index < -0.39 is 5.97 Å². The molecule has 1 aliphatic rings. The summed E-state index contributed by atoms with van der Waals surface area (Å²) in [4.78, 5) is 13.0. The molecule has 1 rings (SSSR count). The molecule has 0 bridgehead atoms. The lowest BCUT2D eigenvalue weighted by Crippen LogP contribution is -2.27. The molecular formula is C13H21NO2. The molecule has 0 amide bonds. The van der Waals surface area contributed by atoms with Gasteiger partial charge in [0.1, 0.15) is 0 Å². The van der Waals surface area contributed by atoms with Gasteiger partial charge in [-0.3, -0.25) is 0 Å². The highest BCUT2D eigenvalue weighted by Gasteiger charge is 2.23. The molecule has 1 N–H and O–H groups in total. The van der Waals surface area contributed by atoms with Crippen LogP contribution in [0.25, 0.3) is 0 Å². The Kier molecular flexibility index (Phi) is 4.59. The van der Waals surface area contributed by atoms with Crippen LogP contribution in [0.15, 0.2) is 24.4 Å². The summed E-state index contributed by atoms with van der Waals surface area (Å²) in [5.41, 5.74) is 0.935. The third-order valence-electron chi connectivity index (χ3n) is 3.15. The van der Waals surface area contributed by atoms with Crippen LogP contribution >= 0.6 is 0 Å². The van der Waals surface area contributed by atoms with Gasteiger partial charge in [0.2, 0.25) is 0 Å². The van der Waals surface area contributed by atoms with Crippen LogP contribution in [0.1, 0.15) is 33.1 Å². The van der Waals surface area contributed by atoms with E-state index in [2.05, 4.69) is 25.3 Å². The Labute approximate surface area is 97.4 Å². The van der Waals surface area contributed by atoms with E-state index in [4.69, 9.17) is 5.11 Å². The average Bonchev–Trinajstić information content (AvgIpc) is 2.62. The highest BCUT2D eigenvalue weighted by Crippen LogP contribution is 2.26. The number of aliphatic carboxylic acids is 1. The predicted molar refractivity (Wildman–Crippen MR) is 65.1 cm³/mol. The number of carbonyl (C=O) groups is 1. The van der Waals surface area contributed by atoms with Crippen LogP contribution in [-0.2, 0) is 4.79 Å². The first-order chi connectivity index (χ1) is 7.54. The Hall–Kier alpha value is -1.25. The number of hydrogen-bond acceptors (Lipinski definition) is 2. The number of allylic oxidation sites excluding steroid dienone is 2. The third-order valence-corrected chi connectivity index (χ3v) is 3.15. The molecule has 1 fully saturated rings. The normalized spacial score (nSPS) is 23.2. The molecule has 0 unspecified atom stereocenters. The van der Waals surface area contributed by atoms with Gasteiger partial charge in [-0.25, -0.2) is 4.79 Å². The first-order valence-corrected chi connectivity index (χ1v) is 5.87. The van der Waals surface area contributed by atoms with Crippen LogP contribution in [-0.4, -0.2) is 28.6 Å². The molecule has 1 saturated heterocycles. The van der Waals surface area contributed by atoms with E-state index in [9.17, 15) is 4.79 Å². The molecular weight excluding hydrogens is 202 g/mol. The SMILES string of the molecule is C=C[C@@H](C)C/C(=C/C(=O)O)N1CCC[C@H]1C. The molecule has 90 valence electrons. The van der Waals surface area contributed by atoms with Crippen molar-refractivity contribution in [2.24, 2.45) is 5.92 Å². The summed E-state index contributed by atoms with van der Waals surface area (Å²) in [6.45, 7) is 8.93. The number of carboxylic acid groups (broad SMARTS) is 1. The fourth-order valence-electron chi connectivity index (χ4n) is 2.17. The minimum Gasteiger partial charge on any atom is -0.478 e. The molecule has 1 aliphatic heterocycles. The van der Waals surface area contributed by atoms with Crippen molar-refractivity contribution in [1.29, 1.82) is 0 Å². The first kappa shape index (κ1) is 12.8. The van der Waals surface area contributed by atoms with E-state index >= 15 is 0 Å². The molecule has 0 saturated carbocycles. The maximum Gasteiger partial charge on any atom is 0.330 e. The Morgan fingerprint density at radius 3 is 2.81 bits per heavy atom. The van der Waals surface area contributed by atoms with Gasteiger partial charge < -0.3 is 10.0 Å². The van der Waals surface area contributed by atoms with Crippen molar-refractivity contribution in [3.63, 3.8) is 0 Å². The molecule has 3 heteroatoms. The van der Waals surface area contributed by atoms with E-state index in [1.165, 1.54) is 6.08 Å². The fraction of sp³-hybridized carbons (Fsp3) is 0.615. The summed E-state index contributed by atoms with van der Waals surface area (Å²) in [7, 11) is 0. The second-order valence-corrected chi connectivity index (χ2v) is 4.58. The van der Waals surface area contributed by atoms with Crippen molar-refractivity contribution in [3.8, 4) is 0 Å². The molecule has 0 aliphatic carbocycles. The van der Waals surface area contributed by atoms with E-state index in [-0.39, 0.29) is 0 Å². The van der Waals surface area contributed by atoms with E-state index in [1.807, 2.05) is 6.08 Å². The van der Waals surface area contributed by atoms with E-state index in [1.54, 1.807) is 0 Å². The standard InChI is InChI=1S/C13H21NO2/c1-4-10(2)8-12(9-13(15)16)14-7-5-6-11(14)3/h4,9-11H,1,5-8H2,2-3H3,(H,15,16)/b12-9-/t10-,11-/m1/s1. The lowest BCUT2D eigenvalue weighted by atomic mass is 10.0. The van der Waals surface area contributed by atoms with Crippen molar-refractivity contribution in [1.82, 2.24) is 4.90 Å². The van der Waals surface area contributed by atoms with Crippen LogP contribution in [0.2, 0.25) is 0 Å². The zero-order valence-electron chi connectivity index (χ0n) is 10.1. The van der Waals surface area contributed by atoms with Gasteiger partial charge in [0.15, 0.2) is 0 Å². The zero-order chi connectivity index (χ0) is 12.1. The largest absolute Gasteiger partial charge is 0.478 e. The topological polar surface area (TPSA) is 40.5 Å². The first-order valence-electron chi connectivity index (χ1n) is 5.87. The Bertz CT molecular complexity index is 296. The minimum atomic E-state index is -0.856. The maximum atomic E-state index is 10.8. The molecule has 2 atom stereocenters. The second kappa shape index (κ2) is 5.73. The Balaban J connectivity index is 2.78. The quantitative estimate of drug-likeness (QED) is 0.575.